The molecule has 10 heteroatoms. The van der Waals surface area contributed by atoms with Gasteiger partial charge in [0.05, 0.1) is 28.8 Å². The Bertz CT molecular complexity index is 1170. The van der Waals surface area contributed by atoms with Crippen LogP contribution in [0.1, 0.15) is 11.3 Å². The summed E-state index contributed by atoms with van der Waals surface area (Å²) in [5.41, 5.74) is 3.54. The summed E-state index contributed by atoms with van der Waals surface area (Å²) in [5, 5.41) is 25.5. The molecule has 1 aliphatic rings. The molecule has 1 atom stereocenters. The normalized spacial score (nSPS) is 15.9. The maximum Gasteiger partial charge on any atom is 0.323 e. The molecule has 2 amide bonds. The van der Waals surface area contributed by atoms with Crippen molar-refractivity contribution in [1.82, 2.24) is 20.2 Å². The van der Waals surface area contributed by atoms with Crippen molar-refractivity contribution in [2.45, 2.75) is 13.0 Å². The van der Waals surface area contributed by atoms with Gasteiger partial charge < -0.3 is 15.3 Å². The van der Waals surface area contributed by atoms with Gasteiger partial charge in [-0.25, -0.2) is 14.8 Å². The second kappa shape index (κ2) is 9.63. The van der Waals surface area contributed by atoms with Gasteiger partial charge in [0.15, 0.2) is 5.13 Å². The molecule has 1 saturated heterocycles. The van der Waals surface area contributed by atoms with Gasteiger partial charge in [0.1, 0.15) is 5.15 Å². The Kier molecular flexibility index (Phi) is 6.67. The molecule has 1 fully saturated rings. The summed E-state index contributed by atoms with van der Waals surface area (Å²) in [4.78, 5) is 24.2. The van der Waals surface area contributed by atoms with Gasteiger partial charge in [0.25, 0.3) is 0 Å². The zero-order chi connectivity index (χ0) is 22.7. The average molecular weight is 469 g/mol. The van der Waals surface area contributed by atoms with Gasteiger partial charge in [-0.15, -0.1) is 0 Å². The lowest BCUT2D eigenvalue weighted by Gasteiger charge is -2.32. The van der Waals surface area contributed by atoms with E-state index in [4.69, 9.17) is 11.6 Å². The molecule has 2 aromatic heterocycles. The van der Waals surface area contributed by atoms with Gasteiger partial charge in [-0.05, 0) is 36.8 Å². The number of benzene rings is 1. The highest BCUT2D eigenvalue weighted by molar-refractivity contribution is 7.19. The fourth-order valence-electron chi connectivity index (χ4n) is 3.56. The van der Waals surface area contributed by atoms with Crippen LogP contribution in [0.15, 0.2) is 36.4 Å². The van der Waals surface area contributed by atoms with Gasteiger partial charge >= 0.3 is 6.03 Å². The first-order valence-corrected chi connectivity index (χ1v) is 11.2. The number of carbonyl (C=O) groups is 1. The molecule has 0 saturated carbocycles. The first kappa shape index (κ1) is 22.2. The number of hydrogen-bond donors (Lipinski definition) is 3. The summed E-state index contributed by atoms with van der Waals surface area (Å²) in [6.45, 7) is 3.39. The zero-order valence-electron chi connectivity index (χ0n) is 17.3. The third kappa shape index (κ3) is 4.89. The van der Waals surface area contributed by atoms with Crippen molar-refractivity contribution in [3.63, 3.8) is 0 Å². The Morgan fingerprint density at radius 2 is 2.22 bits per heavy atom. The molecule has 32 heavy (non-hydrogen) atoms. The molecule has 3 heterocycles. The number of urea groups is 1. The van der Waals surface area contributed by atoms with Crippen LogP contribution in [0.25, 0.3) is 21.7 Å². The molecule has 1 aromatic carbocycles. The molecule has 164 valence electrons. The lowest BCUT2D eigenvalue weighted by molar-refractivity contribution is 0.159. The summed E-state index contributed by atoms with van der Waals surface area (Å²) in [6.07, 6.45) is 0. The molecule has 4 rings (SSSR count). The number of anilines is 1. The monoisotopic (exact) mass is 468 g/mol. The van der Waals surface area contributed by atoms with E-state index in [2.05, 4.69) is 26.7 Å². The van der Waals surface area contributed by atoms with Crippen molar-refractivity contribution in [2.24, 2.45) is 0 Å². The number of piperazine rings is 1. The van der Waals surface area contributed by atoms with Crippen LogP contribution in [0.4, 0.5) is 9.93 Å². The Balaban J connectivity index is 1.70. The highest BCUT2D eigenvalue weighted by Gasteiger charge is 2.24. The summed E-state index contributed by atoms with van der Waals surface area (Å²) >= 11 is 7.53. The minimum atomic E-state index is -0.272. The molecule has 3 N–H and O–H groups in total. The number of rotatable bonds is 4. The van der Waals surface area contributed by atoms with Crippen molar-refractivity contribution in [2.75, 3.05) is 31.6 Å². The van der Waals surface area contributed by atoms with E-state index in [-0.39, 0.29) is 18.7 Å². The van der Waals surface area contributed by atoms with Crippen LogP contribution in [0.3, 0.4) is 0 Å². The summed E-state index contributed by atoms with van der Waals surface area (Å²) in [6, 6.07) is 12.6. The van der Waals surface area contributed by atoms with Crippen LogP contribution in [-0.4, -0.2) is 58.3 Å². The maximum absolute atomic E-state index is 12.8. The Morgan fingerprint density at radius 1 is 1.38 bits per heavy atom. The number of halogens is 1. The van der Waals surface area contributed by atoms with Crippen LogP contribution in [0.2, 0.25) is 5.15 Å². The van der Waals surface area contributed by atoms with E-state index >= 15 is 0 Å². The Labute approximate surface area is 194 Å². The largest absolute Gasteiger partial charge is 0.395 e. The number of pyridine rings is 1. The number of amides is 2. The number of aryl methyl sites for hydroxylation is 1. The van der Waals surface area contributed by atoms with Crippen molar-refractivity contribution in [1.29, 1.82) is 5.26 Å². The SMILES string of the molecule is Cc1cc(-c2sc(NC(=O)N3CCN[C@@H](CO)C3)nc2-c2cccc(C#N)c2)cc(Cl)n1. The Hall–Kier alpha value is -3.03. The summed E-state index contributed by atoms with van der Waals surface area (Å²) in [5.74, 6) is 0. The van der Waals surface area contributed by atoms with Crippen LogP contribution in [0, 0.1) is 18.3 Å². The summed E-state index contributed by atoms with van der Waals surface area (Å²) < 4.78 is 0. The lowest BCUT2D eigenvalue weighted by Crippen LogP contribution is -2.54. The second-order valence-corrected chi connectivity index (χ2v) is 8.81. The van der Waals surface area contributed by atoms with E-state index in [1.165, 1.54) is 11.3 Å². The number of aliphatic hydroxyl groups is 1. The van der Waals surface area contributed by atoms with Gasteiger partial charge in [0, 0.05) is 36.9 Å². The van der Waals surface area contributed by atoms with E-state index in [0.717, 1.165) is 21.7 Å². The Morgan fingerprint density at radius 3 is 2.97 bits per heavy atom. The summed E-state index contributed by atoms with van der Waals surface area (Å²) in [7, 11) is 0. The highest BCUT2D eigenvalue weighted by atomic mass is 35.5. The van der Waals surface area contributed by atoms with E-state index in [0.29, 0.717) is 41.2 Å². The molecule has 0 aliphatic carbocycles. The lowest BCUT2D eigenvalue weighted by atomic mass is 10.1. The molecule has 8 nitrogen and oxygen atoms in total. The molecule has 1 aliphatic heterocycles. The minimum Gasteiger partial charge on any atom is -0.395 e. The predicted molar refractivity (Wildman–Crippen MR) is 125 cm³/mol. The molecule has 3 aromatic rings. The molecule has 0 bridgehead atoms. The van der Waals surface area contributed by atoms with Gasteiger partial charge in [-0.1, -0.05) is 35.1 Å². The second-order valence-electron chi connectivity index (χ2n) is 7.42. The number of aliphatic hydroxyl groups excluding tert-OH is 1. The van der Waals surface area contributed by atoms with Crippen LogP contribution < -0.4 is 10.6 Å². The van der Waals surface area contributed by atoms with Gasteiger partial charge in [-0.2, -0.15) is 5.26 Å². The molecule has 0 radical (unpaired) electrons. The fraction of sp³-hybridized carbons (Fsp3) is 0.273. The number of nitriles is 1. The smallest absolute Gasteiger partial charge is 0.323 e. The van der Waals surface area contributed by atoms with Crippen LogP contribution in [0.5, 0.6) is 0 Å². The first-order chi connectivity index (χ1) is 15.5. The number of nitrogens with zero attached hydrogens (tertiary/aromatic N) is 4. The van der Waals surface area contributed by atoms with Crippen molar-refractivity contribution in [3.05, 3.63) is 52.8 Å². The number of aromatic nitrogens is 2. The van der Waals surface area contributed by atoms with Crippen LogP contribution >= 0.6 is 22.9 Å². The van der Waals surface area contributed by atoms with Gasteiger partial charge in [-0.3, -0.25) is 5.32 Å². The molecular formula is C22H21ClN6O2S. The average Bonchev–Trinajstić information content (AvgIpc) is 3.22. The molecular weight excluding hydrogens is 448 g/mol. The number of nitrogens with one attached hydrogen (secondary N) is 2. The predicted octanol–water partition coefficient (Wildman–Crippen LogP) is 3.50. The zero-order valence-corrected chi connectivity index (χ0v) is 18.9. The van der Waals surface area contributed by atoms with Crippen molar-refractivity contribution < 1.29 is 9.90 Å². The standard InChI is InChI=1S/C22H21ClN6O2S/c1-13-7-16(9-18(23)26-13)20-19(15-4-2-3-14(8-15)10-24)27-21(32-20)28-22(31)29-6-5-25-17(11-29)12-30/h2-4,7-9,17,25,30H,5-6,11-12H2,1H3,(H,27,28,31)/t17-/m1/s1. The molecule has 0 unspecified atom stereocenters. The molecule has 0 spiro atoms. The van der Waals surface area contributed by atoms with E-state index < -0.39 is 0 Å². The minimum absolute atomic E-state index is 0.0350. The quantitative estimate of drug-likeness (QED) is 0.505. The number of carbonyl (C=O) groups excluding carboxylic acids is 1. The van der Waals surface area contributed by atoms with Crippen molar-refractivity contribution >= 4 is 34.1 Å². The third-order valence-electron chi connectivity index (χ3n) is 5.05. The van der Waals surface area contributed by atoms with E-state index in [1.54, 1.807) is 29.2 Å². The number of thiazole rings is 1. The van der Waals surface area contributed by atoms with E-state index in [9.17, 15) is 15.2 Å². The highest BCUT2D eigenvalue weighted by Crippen LogP contribution is 2.40. The number of hydrogen-bond acceptors (Lipinski definition) is 7. The van der Waals surface area contributed by atoms with E-state index in [1.807, 2.05) is 19.1 Å². The maximum atomic E-state index is 12.8. The first-order valence-electron chi connectivity index (χ1n) is 10.0. The van der Waals surface area contributed by atoms with Gasteiger partial charge in [0.2, 0.25) is 0 Å². The fourth-order valence-corrected chi connectivity index (χ4v) is 4.78. The topological polar surface area (TPSA) is 114 Å². The third-order valence-corrected chi connectivity index (χ3v) is 6.27. The van der Waals surface area contributed by atoms with Crippen molar-refractivity contribution in [3.8, 4) is 27.8 Å². The van der Waals surface area contributed by atoms with Crippen LogP contribution in [-0.2, 0) is 0 Å².